The van der Waals surface area contributed by atoms with Crippen molar-refractivity contribution in [1.82, 2.24) is 0 Å². The molecule has 2 amide bonds. The number of pyridine rings is 2. The van der Waals surface area contributed by atoms with E-state index in [1.807, 2.05) is 24.3 Å². The van der Waals surface area contributed by atoms with Gasteiger partial charge in [0.1, 0.15) is 0 Å². The molecule has 0 saturated heterocycles. The largest absolute Gasteiger partial charge is 0.321 e. The van der Waals surface area contributed by atoms with Crippen LogP contribution in [0.2, 0.25) is 0 Å². The highest BCUT2D eigenvalue weighted by Gasteiger charge is 2.18. The second kappa shape index (κ2) is 8.68. The SMILES string of the molecule is O=C(C[n+]1ccccc1)Nc1cccc(N(O)C(=O)C[n+]2ccccc2)c1. The van der Waals surface area contributed by atoms with Gasteiger partial charge in [0.25, 0.3) is 5.91 Å². The van der Waals surface area contributed by atoms with Crippen LogP contribution in [0.5, 0.6) is 0 Å². The molecule has 1 aromatic carbocycles. The molecule has 0 aliphatic rings. The van der Waals surface area contributed by atoms with Gasteiger partial charge < -0.3 is 5.32 Å². The topological polar surface area (TPSA) is 77.4 Å². The van der Waals surface area contributed by atoms with Crippen molar-refractivity contribution < 1.29 is 23.9 Å². The average Bonchev–Trinajstić information content (AvgIpc) is 2.69. The lowest BCUT2D eigenvalue weighted by molar-refractivity contribution is -0.684. The lowest BCUT2D eigenvalue weighted by Crippen LogP contribution is -2.43. The maximum Gasteiger partial charge on any atom is 0.316 e. The van der Waals surface area contributed by atoms with Gasteiger partial charge in [-0.15, -0.1) is 0 Å². The van der Waals surface area contributed by atoms with Crippen molar-refractivity contribution in [1.29, 1.82) is 0 Å². The summed E-state index contributed by atoms with van der Waals surface area (Å²) in [6, 6.07) is 17.5. The predicted molar refractivity (Wildman–Crippen MR) is 97.6 cm³/mol. The smallest absolute Gasteiger partial charge is 0.316 e. The summed E-state index contributed by atoms with van der Waals surface area (Å²) in [4.78, 5) is 24.4. The summed E-state index contributed by atoms with van der Waals surface area (Å²) in [7, 11) is 0. The number of hydroxylamine groups is 1. The van der Waals surface area contributed by atoms with Gasteiger partial charge in [0.15, 0.2) is 24.8 Å². The van der Waals surface area contributed by atoms with Crippen LogP contribution in [-0.2, 0) is 22.7 Å². The third-order valence-electron chi connectivity index (χ3n) is 3.81. The zero-order chi connectivity index (χ0) is 19.1. The molecule has 2 aromatic heterocycles. The molecular weight excluding hydrogens is 344 g/mol. The van der Waals surface area contributed by atoms with Crippen molar-refractivity contribution in [2.75, 3.05) is 10.4 Å². The minimum atomic E-state index is -0.491. The van der Waals surface area contributed by atoms with E-state index in [-0.39, 0.29) is 24.7 Å². The monoisotopic (exact) mass is 364 g/mol. The Bertz CT molecular complexity index is 917. The molecule has 0 aliphatic heterocycles. The van der Waals surface area contributed by atoms with Crippen LogP contribution in [0.25, 0.3) is 0 Å². The van der Waals surface area contributed by atoms with Crippen molar-refractivity contribution in [3.05, 3.63) is 85.5 Å². The van der Waals surface area contributed by atoms with Crippen molar-refractivity contribution in [3.8, 4) is 0 Å². The zero-order valence-electron chi connectivity index (χ0n) is 14.6. The summed E-state index contributed by atoms with van der Waals surface area (Å²) in [5.41, 5.74) is 0.773. The van der Waals surface area contributed by atoms with Gasteiger partial charge in [0.05, 0.1) is 5.69 Å². The van der Waals surface area contributed by atoms with E-state index in [0.29, 0.717) is 10.8 Å². The Labute approximate surface area is 156 Å². The van der Waals surface area contributed by atoms with E-state index >= 15 is 0 Å². The average molecular weight is 364 g/mol. The third kappa shape index (κ3) is 5.20. The Morgan fingerprint density at radius 2 is 1.44 bits per heavy atom. The second-order valence-electron chi connectivity index (χ2n) is 5.90. The van der Waals surface area contributed by atoms with Crippen molar-refractivity contribution in [2.24, 2.45) is 0 Å². The summed E-state index contributed by atoms with van der Waals surface area (Å²) in [5, 5.41) is 13.5. The number of carbonyl (C=O) groups is 2. The number of hydrogen-bond acceptors (Lipinski definition) is 3. The molecule has 0 bridgehead atoms. The number of nitrogens with one attached hydrogen (secondary N) is 1. The van der Waals surface area contributed by atoms with Gasteiger partial charge in [0.2, 0.25) is 13.1 Å². The molecule has 3 aromatic rings. The van der Waals surface area contributed by atoms with Crippen molar-refractivity contribution in [3.63, 3.8) is 0 Å². The van der Waals surface area contributed by atoms with Gasteiger partial charge in [-0.1, -0.05) is 18.2 Å². The highest BCUT2D eigenvalue weighted by Crippen LogP contribution is 2.18. The molecule has 0 saturated carbocycles. The van der Waals surface area contributed by atoms with E-state index in [4.69, 9.17) is 0 Å². The minimum absolute atomic E-state index is 0.00141. The third-order valence-corrected chi connectivity index (χ3v) is 3.81. The highest BCUT2D eigenvalue weighted by atomic mass is 16.5. The molecule has 7 heteroatoms. The van der Waals surface area contributed by atoms with E-state index in [9.17, 15) is 14.8 Å². The standard InChI is InChI=1S/C20H19N4O3/c25-19(15-22-10-3-1-4-11-22)21-17-8-7-9-18(14-17)24(27)20(26)16-23-12-5-2-6-13-23/h1-14,27H,15-16H2/q+1/p+1. The van der Waals surface area contributed by atoms with E-state index in [0.717, 1.165) is 0 Å². The van der Waals surface area contributed by atoms with Crippen LogP contribution in [-0.4, -0.2) is 17.0 Å². The first-order valence-corrected chi connectivity index (χ1v) is 8.42. The molecule has 136 valence electrons. The molecule has 0 radical (unpaired) electrons. The molecule has 7 nitrogen and oxygen atoms in total. The van der Waals surface area contributed by atoms with Gasteiger partial charge in [0, 0.05) is 30.0 Å². The molecular formula is C20H20N4O3+2. The van der Waals surface area contributed by atoms with E-state index in [2.05, 4.69) is 5.32 Å². The fraction of sp³-hybridized carbons (Fsp3) is 0.100. The molecule has 0 aliphatic carbocycles. The lowest BCUT2D eigenvalue weighted by atomic mass is 10.2. The van der Waals surface area contributed by atoms with E-state index < -0.39 is 5.91 Å². The number of rotatable bonds is 6. The van der Waals surface area contributed by atoms with Gasteiger partial charge in [-0.25, -0.2) is 0 Å². The molecule has 2 N–H and O–H groups in total. The number of amides is 2. The first kappa shape index (κ1) is 18.2. The molecule has 0 atom stereocenters. The fourth-order valence-corrected chi connectivity index (χ4v) is 2.53. The fourth-order valence-electron chi connectivity index (χ4n) is 2.53. The number of anilines is 2. The van der Waals surface area contributed by atoms with Crippen LogP contribution in [0.4, 0.5) is 11.4 Å². The first-order valence-electron chi connectivity index (χ1n) is 8.42. The number of benzene rings is 1. The molecule has 0 spiro atoms. The Morgan fingerprint density at radius 3 is 2.07 bits per heavy atom. The second-order valence-corrected chi connectivity index (χ2v) is 5.90. The van der Waals surface area contributed by atoms with Crippen LogP contribution in [0.1, 0.15) is 0 Å². The Kier molecular flexibility index (Phi) is 5.86. The maximum absolute atomic E-state index is 12.3. The summed E-state index contributed by atoms with van der Waals surface area (Å²) in [6.45, 7) is 0.163. The summed E-state index contributed by atoms with van der Waals surface area (Å²) < 4.78 is 3.41. The predicted octanol–water partition coefficient (Wildman–Crippen LogP) is 1.32. The Hall–Kier alpha value is -3.58. The van der Waals surface area contributed by atoms with Crippen LogP contribution in [0.15, 0.2) is 85.5 Å². The van der Waals surface area contributed by atoms with E-state index in [1.165, 1.54) is 0 Å². The molecule has 27 heavy (non-hydrogen) atoms. The van der Waals surface area contributed by atoms with Gasteiger partial charge in [-0.3, -0.25) is 14.8 Å². The van der Waals surface area contributed by atoms with Crippen molar-refractivity contribution >= 4 is 23.2 Å². The lowest BCUT2D eigenvalue weighted by Gasteiger charge is -2.14. The first-order chi connectivity index (χ1) is 13.1. The quantitative estimate of drug-likeness (QED) is 0.393. The number of nitrogens with zero attached hydrogens (tertiary/aromatic N) is 3. The van der Waals surface area contributed by atoms with Gasteiger partial charge >= 0.3 is 5.91 Å². The minimum Gasteiger partial charge on any atom is -0.321 e. The molecule has 0 fully saturated rings. The number of carbonyl (C=O) groups excluding carboxylic acids is 2. The highest BCUT2D eigenvalue weighted by molar-refractivity contribution is 5.93. The summed E-state index contributed by atoms with van der Waals surface area (Å²) >= 11 is 0. The Balaban J connectivity index is 1.64. The van der Waals surface area contributed by atoms with Crippen LogP contribution < -0.4 is 19.5 Å². The van der Waals surface area contributed by atoms with Crippen LogP contribution in [0.3, 0.4) is 0 Å². The summed E-state index contributed by atoms with van der Waals surface area (Å²) in [6.07, 6.45) is 7.07. The van der Waals surface area contributed by atoms with Crippen LogP contribution >= 0.6 is 0 Å². The van der Waals surface area contributed by atoms with E-state index in [1.54, 1.807) is 70.3 Å². The number of aromatic nitrogens is 2. The maximum atomic E-state index is 12.3. The van der Waals surface area contributed by atoms with Crippen molar-refractivity contribution in [2.45, 2.75) is 13.1 Å². The zero-order valence-corrected chi connectivity index (χ0v) is 14.6. The normalized spacial score (nSPS) is 10.3. The summed E-state index contributed by atoms with van der Waals surface area (Å²) in [5.74, 6) is -0.700. The number of hydrogen-bond donors (Lipinski definition) is 2. The van der Waals surface area contributed by atoms with Gasteiger partial charge in [-0.05, 0) is 18.2 Å². The molecule has 3 rings (SSSR count). The molecule has 2 heterocycles. The molecule has 0 unspecified atom stereocenters. The van der Waals surface area contributed by atoms with Gasteiger partial charge in [-0.2, -0.15) is 14.2 Å². The van der Waals surface area contributed by atoms with Crippen LogP contribution in [0, 0.1) is 0 Å². The Morgan fingerprint density at radius 1 is 0.852 bits per heavy atom.